The van der Waals surface area contributed by atoms with E-state index in [9.17, 15) is 4.79 Å². The molecule has 1 heterocycles. The molecule has 2 aliphatic carbocycles. The monoisotopic (exact) mass is 221 g/mol. The third kappa shape index (κ3) is 1.25. The van der Waals surface area contributed by atoms with E-state index in [0.717, 1.165) is 25.4 Å². The third-order valence-corrected chi connectivity index (χ3v) is 5.62. The van der Waals surface area contributed by atoms with Crippen molar-refractivity contribution in [3.05, 3.63) is 0 Å². The van der Waals surface area contributed by atoms with Crippen molar-refractivity contribution in [2.45, 2.75) is 52.5 Å². The van der Waals surface area contributed by atoms with Gasteiger partial charge in [0.15, 0.2) is 0 Å². The van der Waals surface area contributed by atoms with Crippen molar-refractivity contribution in [1.82, 2.24) is 4.90 Å². The van der Waals surface area contributed by atoms with Gasteiger partial charge in [-0.2, -0.15) is 0 Å². The maximum absolute atomic E-state index is 11.5. The topological polar surface area (TPSA) is 20.3 Å². The van der Waals surface area contributed by atoms with E-state index in [0.29, 0.717) is 22.7 Å². The van der Waals surface area contributed by atoms with Crippen LogP contribution in [0.3, 0.4) is 0 Å². The van der Waals surface area contributed by atoms with Gasteiger partial charge in [0.1, 0.15) is 5.78 Å². The molecule has 0 aromatic rings. The lowest BCUT2D eigenvalue weighted by Gasteiger charge is -2.47. The fraction of sp³-hybridized carbons (Fsp3) is 0.929. The second-order valence-corrected chi connectivity index (χ2v) is 7.08. The lowest BCUT2D eigenvalue weighted by Crippen LogP contribution is -2.51. The molecule has 2 bridgehead atoms. The molecule has 0 amide bonds. The number of nitrogens with zero attached hydrogens (tertiary/aromatic N) is 1. The number of carbonyl (C=O) groups excluding carboxylic acids is 1. The number of hydrogen-bond donors (Lipinski definition) is 0. The Morgan fingerprint density at radius 2 is 2.06 bits per heavy atom. The first-order valence-corrected chi connectivity index (χ1v) is 6.69. The minimum Gasteiger partial charge on any atom is -0.298 e. The molecule has 0 N–H and O–H groups in total. The molecule has 2 saturated carbocycles. The van der Waals surface area contributed by atoms with Gasteiger partial charge in [-0.3, -0.25) is 9.69 Å². The molecule has 3 unspecified atom stereocenters. The number of Topliss-reactive ketones (excluding diaryl/α,β-unsaturated/α-hetero) is 1. The van der Waals surface area contributed by atoms with Gasteiger partial charge < -0.3 is 0 Å². The van der Waals surface area contributed by atoms with Crippen LogP contribution in [-0.2, 0) is 4.79 Å². The Morgan fingerprint density at radius 3 is 2.56 bits per heavy atom. The molecular formula is C14H23NO. The molecule has 3 rings (SSSR count). The van der Waals surface area contributed by atoms with Crippen LogP contribution in [0.2, 0.25) is 0 Å². The Bertz CT molecular complexity index is 331. The van der Waals surface area contributed by atoms with E-state index in [1.54, 1.807) is 0 Å². The van der Waals surface area contributed by atoms with Crippen LogP contribution in [-0.4, -0.2) is 29.8 Å². The van der Waals surface area contributed by atoms with Crippen LogP contribution in [0.1, 0.15) is 46.5 Å². The predicted octanol–water partition coefficient (Wildman–Crippen LogP) is 2.48. The van der Waals surface area contributed by atoms with Crippen molar-refractivity contribution in [2.24, 2.45) is 16.7 Å². The summed E-state index contributed by atoms with van der Waals surface area (Å²) in [7, 11) is 0. The predicted molar refractivity (Wildman–Crippen MR) is 64.2 cm³/mol. The highest BCUT2D eigenvalue weighted by atomic mass is 16.1. The Balaban J connectivity index is 1.91. The maximum Gasteiger partial charge on any atom is 0.148 e. The smallest absolute Gasteiger partial charge is 0.148 e. The fourth-order valence-corrected chi connectivity index (χ4v) is 5.06. The summed E-state index contributed by atoms with van der Waals surface area (Å²) in [5.74, 6) is 1.33. The Hall–Kier alpha value is -0.370. The summed E-state index contributed by atoms with van der Waals surface area (Å²) < 4.78 is 0. The standard InChI is InChI=1S/C14H23NO/c1-13(2)10-4-6-14(3,8-10)12(13)15-7-5-11(16)9-15/h10,12H,4-9H2,1-3H3. The number of ketones is 1. The molecule has 0 spiro atoms. The van der Waals surface area contributed by atoms with Gasteiger partial charge in [-0.05, 0) is 36.0 Å². The van der Waals surface area contributed by atoms with Crippen LogP contribution in [0.15, 0.2) is 0 Å². The molecule has 1 saturated heterocycles. The average Bonchev–Trinajstić information content (AvgIpc) is 2.77. The molecule has 0 aromatic carbocycles. The minimum atomic E-state index is 0.414. The molecule has 2 nitrogen and oxygen atoms in total. The Kier molecular flexibility index (Phi) is 2.08. The van der Waals surface area contributed by atoms with E-state index in [4.69, 9.17) is 0 Å². The van der Waals surface area contributed by atoms with Gasteiger partial charge in [0.2, 0.25) is 0 Å². The van der Waals surface area contributed by atoms with E-state index in [-0.39, 0.29) is 0 Å². The summed E-state index contributed by atoms with van der Waals surface area (Å²) in [6.45, 7) is 9.03. The number of likely N-dealkylation sites (tertiary alicyclic amines) is 1. The average molecular weight is 221 g/mol. The lowest BCUT2D eigenvalue weighted by atomic mass is 9.68. The zero-order chi connectivity index (χ0) is 11.6. The maximum atomic E-state index is 11.5. The summed E-state index contributed by atoms with van der Waals surface area (Å²) in [4.78, 5) is 14.0. The van der Waals surface area contributed by atoms with E-state index in [1.165, 1.54) is 19.3 Å². The van der Waals surface area contributed by atoms with Gasteiger partial charge in [0.05, 0.1) is 6.54 Å². The highest BCUT2D eigenvalue weighted by Crippen LogP contribution is 2.64. The molecule has 0 radical (unpaired) electrons. The van der Waals surface area contributed by atoms with Crippen LogP contribution in [0.25, 0.3) is 0 Å². The normalized spacial score (nSPS) is 46.8. The fourth-order valence-electron chi connectivity index (χ4n) is 5.06. The largest absolute Gasteiger partial charge is 0.298 e. The highest BCUT2D eigenvalue weighted by molar-refractivity contribution is 5.82. The zero-order valence-electron chi connectivity index (χ0n) is 10.8. The summed E-state index contributed by atoms with van der Waals surface area (Å²) in [6.07, 6.45) is 4.95. The van der Waals surface area contributed by atoms with Gasteiger partial charge in [-0.1, -0.05) is 20.8 Å². The van der Waals surface area contributed by atoms with Crippen LogP contribution in [0.4, 0.5) is 0 Å². The van der Waals surface area contributed by atoms with Crippen molar-refractivity contribution in [3.63, 3.8) is 0 Å². The highest BCUT2D eigenvalue weighted by Gasteiger charge is 2.61. The summed E-state index contributed by atoms with van der Waals surface area (Å²) in [6, 6.07) is 0.644. The first-order chi connectivity index (χ1) is 7.43. The molecule has 1 aliphatic heterocycles. The van der Waals surface area contributed by atoms with Crippen LogP contribution < -0.4 is 0 Å². The van der Waals surface area contributed by atoms with Gasteiger partial charge in [-0.25, -0.2) is 0 Å². The van der Waals surface area contributed by atoms with Crippen molar-refractivity contribution < 1.29 is 4.79 Å². The summed E-state index contributed by atoms with van der Waals surface area (Å²) >= 11 is 0. The van der Waals surface area contributed by atoms with Crippen molar-refractivity contribution in [2.75, 3.05) is 13.1 Å². The molecule has 2 heteroatoms. The van der Waals surface area contributed by atoms with E-state index >= 15 is 0 Å². The van der Waals surface area contributed by atoms with Crippen LogP contribution >= 0.6 is 0 Å². The molecule has 3 fully saturated rings. The van der Waals surface area contributed by atoms with Gasteiger partial charge in [0, 0.05) is 19.0 Å². The molecule has 0 aromatic heterocycles. The molecular weight excluding hydrogens is 198 g/mol. The molecule has 90 valence electrons. The van der Waals surface area contributed by atoms with Crippen molar-refractivity contribution in [1.29, 1.82) is 0 Å². The summed E-state index contributed by atoms with van der Waals surface area (Å²) in [5.41, 5.74) is 0.899. The second-order valence-electron chi connectivity index (χ2n) is 7.08. The van der Waals surface area contributed by atoms with Gasteiger partial charge in [0.25, 0.3) is 0 Å². The van der Waals surface area contributed by atoms with Gasteiger partial charge in [-0.15, -0.1) is 0 Å². The molecule has 3 aliphatic rings. The number of fused-ring (bicyclic) bond motifs is 2. The Labute approximate surface area is 98.4 Å². The Morgan fingerprint density at radius 1 is 1.31 bits per heavy atom. The molecule has 3 atom stereocenters. The first kappa shape index (κ1) is 10.8. The first-order valence-electron chi connectivity index (χ1n) is 6.69. The zero-order valence-corrected chi connectivity index (χ0v) is 10.8. The number of carbonyl (C=O) groups is 1. The second kappa shape index (κ2) is 3.10. The minimum absolute atomic E-state index is 0.414. The number of rotatable bonds is 1. The summed E-state index contributed by atoms with van der Waals surface area (Å²) in [5, 5.41) is 0. The van der Waals surface area contributed by atoms with E-state index in [1.807, 2.05) is 0 Å². The van der Waals surface area contributed by atoms with E-state index in [2.05, 4.69) is 25.7 Å². The molecule has 16 heavy (non-hydrogen) atoms. The lowest BCUT2D eigenvalue weighted by molar-refractivity contribution is -0.117. The van der Waals surface area contributed by atoms with Gasteiger partial charge >= 0.3 is 0 Å². The van der Waals surface area contributed by atoms with Crippen LogP contribution in [0.5, 0.6) is 0 Å². The van der Waals surface area contributed by atoms with E-state index < -0.39 is 0 Å². The number of hydrogen-bond acceptors (Lipinski definition) is 2. The van der Waals surface area contributed by atoms with Crippen LogP contribution in [0, 0.1) is 16.7 Å². The quantitative estimate of drug-likeness (QED) is 0.678. The third-order valence-electron chi connectivity index (χ3n) is 5.62. The SMILES string of the molecule is CC12CCC(C1)C(C)(C)C2N1CCC(=O)C1. The van der Waals surface area contributed by atoms with Crippen molar-refractivity contribution >= 4 is 5.78 Å². The van der Waals surface area contributed by atoms with Crippen molar-refractivity contribution in [3.8, 4) is 0 Å².